The minimum atomic E-state index is -0.641. The van der Waals surface area contributed by atoms with Gasteiger partial charge in [-0.2, -0.15) is 0 Å². The van der Waals surface area contributed by atoms with E-state index in [1.165, 1.54) is 30.3 Å². The van der Waals surface area contributed by atoms with Gasteiger partial charge in [-0.25, -0.2) is 0 Å². The zero-order chi connectivity index (χ0) is 28.3. The predicted molar refractivity (Wildman–Crippen MR) is 160 cm³/mol. The van der Waals surface area contributed by atoms with E-state index >= 15 is 0 Å². The molecule has 0 aromatic heterocycles. The number of nitro benzene ring substituents is 1. The number of nitrogens with one attached hydrogen (secondary N) is 1. The average molecular weight is 560 g/mol. The van der Waals surface area contributed by atoms with Crippen LogP contribution >= 0.6 is 11.8 Å². The maximum Gasteiger partial charge on any atom is 0.269 e. The summed E-state index contributed by atoms with van der Waals surface area (Å²) in [4.78, 5) is 39.9. The molecular formula is C32H37N3O4S. The topological polar surface area (TPSA) is 92.6 Å². The van der Waals surface area contributed by atoms with E-state index in [1.807, 2.05) is 55.5 Å². The van der Waals surface area contributed by atoms with Crippen molar-refractivity contribution < 1.29 is 14.5 Å². The Labute approximate surface area is 240 Å². The second-order valence-electron chi connectivity index (χ2n) is 10.5. The summed E-state index contributed by atoms with van der Waals surface area (Å²) in [5.41, 5.74) is 4.04. The molecule has 1 atom stereocenters. The van der Waals surface area contributed by atoms with Gasteiger partial charge in [-0.15, -0.1) is 11.8 Å². The molecule has 0 unspecified atom stereocenters. The molecule has 2 amide bonds. The van der Waals surface area contributed by atoms with Gasteiger partial charge in [0.1, 0.15) is 6.04 Å². The molecule has 7 nitrogen and oxygen atoms in total. The Kier molecular flexibility index (Phi) is 10.7. The van der Waals surface area contributed by atoms with Crippen LogP contribution in [0.2, 0.25) is 0 Å². The minimum Gasteiger partial charge on any atom is -0.352 e. The molecule has 3 aromatic rings. The molecule has 3 aromatic carbocycles. The van der Waals surface area contributed by atoms with Gasteiger partial charge in [-0.05, 0) is 36.5 Å². The number of carbonyl (C=O) groups is 2. The number of rotatable bonds is 12. The molecule has 1 saturated carbocycles. The molecule has 0 bridgehead atoms. The zero-order valence-electron chi connectivity index (χ0n) is 23.0. The molecule has 210 valence electrons. The van der Waals surface area contributed by atoms with E-state index in [4.69, 9.17) is 0 Å². The second-order valence-corrected chi connectivity index (χ2v) is 11.5. The Morgan fingerprint density at radius 1 is 0.950 bits per heavy atom. The molecule has 0 radical (unpaired) electrons. The number of nitrogens with zero attached hydrogens (tertiary/aromatic N) is 2. The molecule has 0 aliphatic heterocycles. The standard InChI is InChI=1S/C32H37N3O4S/c1-24-9-8-12-27(19-24)21-34(31(36)23-40-22-26-15-17-29(18-16-26)35(38)39)30(20-25-10-4-2-5-11-25)32(37)33-28-13-6-3-7-14-28/h2,4-5,8-12,15-19,28,30H,3,6-7,13-14,20-23H2,1H3,(H,33,37)/t30-/m0/s1. The molecule has 1 aliphatic carbocycles. The van der Waals surface area contributed by atoms with Crippen molar-refractivity contribution >= 4 is 29.3 Å². The third-order valence-electron chi connectivity index (χ3n) is 7.30. The lowest BCUT2D eigenvalue weighted by atomic mass is 9.94. The van der Waals surface area contributed by atoms with Crippen molar-refractivity contribution in [3.63, 3.8) is 0 Å². The van der Waals surface area contributed by atoms with Gasteiger partial charge in [0.2, 0.25) is 11.8 Å². The number of non-ortho nitro benzene ring substituents is 1. The Bertz CT molecular complexity index is 1280. The fourth-order valence-electron chi connectivity index (χ4n) is 5.16. The lowest BCUT2D eigenvalue weighted by Gasteiger charge is -2.33. The lowest BCUT2D eigenvalue weighted by molar-refractivity contribution is -0.384. The Balaban J connectivity index is 1.54. The van der Waals surface area contributed by atoms with Crippen LogP contribution in [0.5, 0.6) is 0 Å². The van der Waals surface area contributed by atoms with Crippen molar-refractivity contribution in [2.75, 3.05) is 5.75 Å². The number of carbonyl (C=O) groups excluding carboxylic acids is 2. The largest absolute Gasteiger partial charge is 0.352 e. The molecule has 1 aliphatic rings. The average Bonchev–Trinajstić information content (AvgIpc) is 2.96. The number of benzene rings is 3. The second kappa shape index (κ2) is 14.7. The van der Waals surface area contributed by atoms with E-state index in [0.29, 0.717) is 18.7 Å². The fraction of sp³-hybridized carbons (Fsp3) is 0.375. The SMILES string of the molecule is Cc1cccc(CN(C(=O)CSCc2ccc([N+](=O)[O-])cc2)[C@@H](Cc2ccccc2)C(=O)NC2CCCCC2)c1. The Morgan fingerprint density at radius 3 is 2.33 bits per heavy atom. The highest BCUT2D eigenvalue weighted by atomic mass is 32.2. The molecule has 1 fully saturated rings. The summed E-state index contributed by atoms with van der Waals surface area (Å²) in [7, 11) is 0. The van der Waals surface area contributed by atoms with Crippen LogP contribution in [-0.2, 0) is 28.3 Å². The van der Waals surface area contributed by atoms with Crippen LogP contribution in [0.4, 0.5) is 5.69 Å². The molecule has 0 heterocycles. The highest BCUT2D eigenvalue weighted by Crippen LogP contribution is 2.22. The summed E-state index contributed by atoms with van der Waals surface area (Å²) >= 11 is 1.45. The first-order valence-electron chi connectivity index (χ1n) is 13.9. The number of hydrogen-bond donors (Lipinski definition) is 1. The molecule has 1 N–H and O–H groups in total. The summed E-state index contributed by atoms with van der Waals surface area (Å²) in [5, 5.41) is 14.2. The van der Waals surface area contributed by atoms with Crippen molar-refractivity contribution in [1.82, 2.24) is 10.2 Å². The van der Waals surface area contributed by atoms with Crippen LogP contribution in [0.25, 0.3) is 0 Å². The van der Waals surface area contributed by atoms with Crippen LogP contribution in [0.15, 0.2) is 78.9 Å². The molecule has 0 saturated heterocycles. The van der Waals surface area contributed by atoms with Crippen LogP contribution in [0, 0.1) is 17.0 Å². The summed E-state index contributed by atoms with van der Waals surface area (Å²) in [5.74, 6) is 0.537. The summed E-state index contributed by atoms with van der Waals surface area (Å²) < 4.78 is 0. The Morgan fingerprint density at radius 2 is 1.65 bits per heavy atom. The highest BCUT2D eigenvalue weighted by Gasteiger charge is 2.31. The van der Waals surface area contributed by atoms with Crippen molar-refractivity contribution in [3.8, 4) is 0 Å². The quantitative estimate of drug-likeness (QED) is 0.210. The first kappa shape index (κ1) is 29.3. The summed E-state index contributed by atoms with van der Waals surface area (Å²) in [6, 6.07) is 23.8. The monoisotopic (exact) mass is 559 g/mol. The maximum absolute atomic E-state index is 13.8. The zero-order valence-corrected chi connectivity index (χ0v) is 23.8. The van der Waals surface area contributed by atoms with Crippen LogP contribution in [-0.4, -0.2) is 39.5 Å². The first-order valence-corrected chi connectivity index (χ1v) is 15.0. The third-order valence-corrected chi connectivity index (χ3v) is 8.29. The van der Waals surface area contributed by atoms with Crippen LogP contribution in [0.3, 0.4) is 0 Å². The van der Waals surface area contributed by atoms with Crippen molar-refractivity contribution in [2.24, 2.45) is 0 Å². The molecular weight excluding hydrogens is 522 g/mol. The summed E-state index contributed by atoms with van der Waals surface area (Å²) in [6.07, 6.45) is 5.80. The lowest BCUT2D eigenvalue weighted by Crippen LogP contribution is -2.53. The third kappa shape index (κ3) is 8.68. The number of amides is 2. The smallest absolute Gasteiger partial charge is 0.269 e. The molecule has 40 heavy (non-hydrogen) atoms. The van der Waals surface area contributed by atoms with E-state index in [9.17, 15) is 19.7 Å². The van der Waals surface area contributed by atoms with E-state index in [0.717, 1.165) is 47.9 Å². The molecule has 0 spiro atoms. The minimum absolute atomic E-state index is 0.0434. The number of aryl methyl sites for hydroxylation is 1. The number of hydrogen-bond acceptors (Lipinski definition) is 5. The van der Waals surface area contributed by atoms with Gasteiger partial charge in [0.15, 0.2) is 0 Å². The normalized spacial score (nSPS) is 14.3. The summed E-state index contributed by atoms with van der Waals surface area (Å²) in [6.45, 7) is 2.36. The van der Waals surface area contributed by atoms with Crippen molar-refractivity contribution in [2.45, 2.75) is 69.8 Å². The van der Waals surface area contributed by atoms with Gasteiger partial charge >= 0.3 is 0 Å². The van der Waals surface area contributed by atoms with Gasteiger partial charge in [0.25, 0.3) is 5.69 Å². The molecule has 4 rings (SSSR count). The molecule has 8 heteroatoms. The van der Waals surface area contributed by atoms with Crippen LogP contribution in [0.1, 0.15) is 54.4 Å². The van der Waals surface area contributed by atoms with E-state index in [-0.39, 0.29) is 29.3 Å². The van der Waals surface area contributed by atoms with Crippen molar-refractivity contribution in [1.29, 1.82) is 0 Å². The fourth-order valence-corrected chi connectivity index (χ4v) is 6.03. The first-order chi connectivity index (χ1) is 19.4. The number of thioether (sulfide) groups is 1. The van der Waals surface area contributed by atoms with Gasteiger partial charge in [0.05, 0.1) is 10.7 Å². The van der Waals surface area contributed by atoms with Crippen LogP contribution < -0.4 is 5.32 Å². The van der Waals surface area contributed by atoms with E-state index in [2.05, 4.69) is 11.4 Å². The van der Waals surface area contributed by atoms with Gasteiger partial charge in [-0.3, -0.25) is 19.7 Å². The predicted octanol–water partition coefficient (Wildman–Crippen LogP) is 6.23. The van der Waals surface area contributed by atoms with Crippen molar-refractivity contribution in [3.05, 3.63) is 111 Å². The van der Waals surface area contributed by atoms with Gasteiger partial charge in [0, 0.05) is 36.9 Å². The van der Waals surface area contributed by atoms with E-state index < -0.39 is 11.0 Å². The van der Waals surface area contributed by atoms with Gasteiger partial charge < -0.3 is 10.2 Å². The van der Waals surface area contributed by atoms with Gasteiger partial charge in [-0.1, -0.05) is 91.6 Å². The number of nitro groups is 1. The highest BCUT2D eigenvalue weighted by molar-refractivity contribution is 7.99. The van der Waals surface area contributed by atoms with E-state index in [1.54, 1.807) is 17.0 Å². The maximum atomic E-state index is 13.8. The Hall–Kier alpha value is -3.65.